The molecule has 0 radical (unpaired) electrons. The van der Waals surface area contributed by atoms with Crippen molar-refractivity contribution in [3.8, 4) is 5.75 Å². The lowest BCUT2D eigenvalue weighted by molar-refractivity contribution is 0.0972. The summed E-state index contributed by atoms with van der Waals surface area (Å²) in [6.45, 7) is 0.170. The molecule has 0 bridgehead atoms. The number of carbonyl (C=O) groups is 1. The second-order valence-corrected chi connectivity index (χ2v) is 5.48. The van der Waals surface area contributed by atoms with Crippen molar-refractivity contribution < 1.29 is 13.9 Å². The fourth-order valence-corrected chi connectivity index (χ4v) is 2.70. The number of Topliss-reactive ketones (excluding diaryl/α,β-unsaturated/α-hetero) is 1. The first-order chi connectivity index (χ1) is 10.1. The van der Waals surface area contributed by atoms with Crippen molar-refractivity contribution in [2.75, 3.05) is 0 Å². The van der Waals surface area contributed by atoms with Gasteiger partial charge in [-0.1, -0.05) is 29.8 Å². The van der Waals surface area contributed by atoms with Crippen LogP contribution in [0, 0.1) is 5.82 Å². The maximum atomic E-state index is 13.3. The van der Waals surface area contributed by atoms with E-state index in [1.54, 1.807) is 18.2 Å². The van der Waals surface area contributed by atoms with Crippen LogP contribution in [0.15, 0.2) is 36.4 Å². The van der Waals surface area contributed by atoms with E-state index in [0.29, 0.717) is 17.7 Å². The first kappa shape index (κ1) is 14.1. The van der Waals surface area contributed by atoms with E-state index in [1.165, 1.54) is 6.07 Å². The molecule has 0 N–H and O–H groups in total. The SMILES string of the molecule is O=C1CCCc2ccc(OCc3cccc(F)c3Cl)cc21. The van der Waals surface area contributed by atoms with Crippen LogP contribution in [-0.2, 0) is 13.0 Å². The van der Waals surface area contributed by atoms with E-state index in [4.69, 9.17) is 16.3 Å². The molecule has 1 aliphatic carbocycles. The fraction of sp³-hybridized carbons (Fsp3) is 0.235. The molecule has 3 rings (SSSR count). The Kier molecular flexibility index (Phi) is 3.93. The van der Waals surface area contributed by atoms with Crippen LogP contribution in [0.5, 0.6) is 5.75 Å². The molecule has 0 aromatic heterocycles. The number of fused-ring (bicyclic) bond motifs is 1. The topological polar surface area (TPSA) is 26.3 Å². The number of carbonyl (C=O) groups excluding carboxylic acids is 1. The molecule has 0 amide bonds. The molecular formula is C17H14ClFO2. The maximum Gasteiger partial charge on any atom is 0.163 e. The maximum absolute atomic E-state index is 13.3. The molecule has 0 aliphatic heterocycles. The Hall–Kier alpha value is -1.87. The molecular weight excluding hydrogens is 291 g/mol. The molecule has 0 atom stereocenters. The van der Waals surface area contributed by atoms with Gasteiger partial charge in [0.1, 0.15) is 18.2 Å². The molecule has 2 aromatic rings. The van der Waals surface area contributed by atoms with E-state index in [2.05, 4.69) is 0 Å². The zero-order chi connectivity index (χ0) is 14.8. The number of ether oxygens (including phenoxy) is 1. The van der Waals surface area contributed by atoms with Gasteiger partial charge in [0.05, 0.1) is 5.02 Å². The summed E-state index contributed by atoms with van der Waals surface area (Å²) in [6, 6.07) is 10.2. The van der Waals surface area contributed by atoms with Crippen molar-refractivity contribution in [3.63, 3.8) is 0 Å². The van der Waals surface area contributed by atoms with E-state index < -0.39 is 5.82 Å². The summed E-state index contributed by atoms with van der Waals surface area (Å²) < 4.78 is 19.0. The molecule has 21 heavy (non-hydrogen) atoms. The Morgan fingerprint density at radius 3 is 2.90 bits per heavy atom. The second kappa shape index (κ2) is 5.86. The van der Waals surface area contributed by atoms with Gasteiger partial charge in [0.2, 0.25) is 0 Å². The highest BCUT2D eigenvalue weighted by Crippen LogP contribution is 2.27. The van der Waals surface area contributed by atoms with Crippen LogP contribution in [0.1, 0.15) is 34.3 Å². The second-order valence-electron chi connectivity index (χ2n) is 5.10. The predicted octanol–water partition coefficient (Wildman–Crippen LogP) is 4.58. The van der Waals surface area contributed by atoms with Crippen molar-refractivity contribution >= 4 is 17.4 Å². The van der Waals surface area contributed by atoms with Crippen LogP contribution in [0.2, 0.25) is 5.02 Å². The highest BCUT2D eigenvalue weighted by molar-refractivity contribution is 6.31. The summed E-state index contributed by atoms with van der Waals surface area (Å²) in [4.78, 5) is 11.9. The molecule has 2 aromatic carbocycles. The molecule has 0 saturated carbocycles. The van der Waals surface area contributed by atoms with Crippen LogP contribution in [-0.4, -0.2) is 5.78 Å². The zero-order valence-electron chi connectivity index (χ0n) is 11.4. The van der Waals surface area contributed by atoms with E-state index in [9.17, 15) is 9.18 Å². The van der Waals surface area contributed by atoms with E-state index in [1.807, 2.05) is 12.1 Å². The van der Waals surface area contributed by atoms with Gasteiger partial charge in [0.25, 0.3) is 0 Å². The Balaban J connectivity index is 1.78. The first-order valence-corrected chi connectivity index (χ1v) is 7.25. The average Bonchev–Trinajstić information content (AvgIpc) is 2.49. The van der Waals surface area contributed by atoms with Crippen LogP contribution in [0.25, 0.3) is 0 Å². The van der Waals surface area contributed by atoms with Crippen LogP contribution in [0.4, 0.5) is 4.39 Å². The molecule has 0 heterocycles. The summed E-state index contributed by atoms with van der Waals surface area (Å²) in [7, 11) is 0. The van der Waals surface area contributed by atoms with Gasteiger partial charge < -0.3 is 4.74 Å². The molecule has 0 saturated heterocycles. The first-order valence-electron chi connectivity index (χ1n) is 6.87. The predicted molar refractivity (Wildman–Crippen MR) is 79.5 cm³/mol. The Labute approximate surface area is 127 Å². The lowest BCUT2D eigenvalue weighted by Gasteiger charge is -2.16. The van der Waals surface area contributed by atoms with E-state index >= 15 is 0 Å². The molecule has 0 unspecified atom stereocenters. The normalized spacial score (nSPS) is 13.9. The van der Waals surface area contributed by atoms with E-state index in [-0.39, 0.29) is 17.4 Å². The van der Waals surface area contributed by atoms with Crippen molar-refractivity contribution in [1.29, 1.82) is 0 Å². The number of rotatable bonds is 3. The van der Waals surface area contributed by atoms with Gasteiger partial charge in [0, 0.05) is 17.5 Å². The largest absolute Gasteiger partial charge is 0.489 e. The summed E-state index contributed by atoms with van der Waals surface area (Å²) >= 11 is 5.89. The average molecular weight is 305 g/mol. The van der Waals surface area contributed by atoms with Crippen molar-refractivity contribution in [2.24, 2.45) is 0 Å². The fourth-order valence-electron chi connectivity index (χ4n) is 2.52. The number of ketones is 1. The summed E-state index contributed by atoms with van der Waals surface area (Å²) in [5.41, 5.74) is 2.40. The van der Waals surface area contributed by atoms with Crippen molar-refractivity contribution in [1.82, 2.24) is 0 Å². The van der Waals surface area contributed by atoms with Gasteiger partial charge in [0.15, 0.2) is 5.78 Å². The molecule has 1 aliphatic rings. The molecule has 0 fully saturated rings. The van der Waals surface area contributed by atoms with Gasteiger partial charge in [-0.2, -0.15) is 0 Å². The molecule has 108 valence electrons. The Morgan fingerprint density at radius 1 is 1.19 bits per heavy atom. The lowest BCUT2D eigenvalue weighted by atomic mass is 9.90. The minimum absolute atomic E-state index is 0.0755. The molecule has 4 heteroatoms. The Morgan fingerprint density at radius 2 is 2.05 bits per heavy atom. The zero-order valence-corrected chi connectivity index (χ0v) is 12.1. The van der Waals surface area contributed by atoms with Gasteiger partial charge >= 0.3 is 0 Å². The highest BCUT2D eigenvalue weighted by atomic mass is 35.5. The quantitative estimate of drug-likeness (QED) is 0.830. The van der Waals surface area contributed by atoms with Gasteiger partial charge in [-0.3, -0.25) is 4.79 Å². The summed E-state index contributed by atoms with van der Waals surface area (Å²) in [6.07, 6.45) is 2.42. The summed E-state index contributed by atoms with van der Waals surface area (Å²) in [5, 5.41) is 0.0755. The minimum atomic E-state index is -0.460. The molecule has 2 nitrogen and oxygen atoms in total. The Bertz CT molecular complexity index is 697. The van der Waals surface area contributed by atoms with Crippen molar-refractivity contribution in [3.05, 3.63) is 63.9 Å². The minimum Gasteiger partial charge on any atom is -0.489 e. The standard InChI is InChI=1S/C17H14ClFO2/c18-17-12(4-1-5-15(17)19)10-21-13-8-7-11-3-2-6-16(20)14(11)9-13/h1,4-5,7-9H,2-3,6,10H2. The van der Waals surface area contributed by atoms with E-state index in [0.717, 1.165) is 24.0 Å². The molecule has 0 spiro atoms. The van der Waals surface area contributed by atoms with Gasteiger partial charge in [-0.05, 0) is 36.6 Å². The summed E-state index contributed by atoms with van der Waals surface area (Å²) in [5.74, 6) is 0.299. The number of hydrogen-bond donors (Lipinski definition) is 0. The smallest absolute Gasteiger partial charge is 0.163 e. The van der Waals surface area contributed by atoms with Gasteiger partial charge in [-0.15, -0.1) is 0 Å². The van der Waals surface area contributed by atoms with Crippen LogP contribution >= 0.6 is 11.6 Å². The third kappa shape index (κ3) is 2.93. The van der Waals surface area contributed by atoms with Gasteiger partial charge in [-0.25, -0.2) is 4.39 Å². The number of hydrogen-bond acceptors (Lipinski definition) is 2. The number of halogens is 2. The third-order valence-corrected chi connectivity index (χ3v) is 4.08. The lowest BCUT2D eigenvalue weighted by Crippen LogP contribution is -2.10. The monoisotopic (exact) mass is 304 g/mol. The highest BCUT2D eigenvalue weighted by Gasteiger charge is 2.17. The number of aryl methyl sites for hydroxylation is 1. The number of benzene rings is 2. The van der Waals surface area contributed by atoms with Crippen LogP contribution in [0.3, 0.4) is 0 Å². The third-order valence-electron chi connectivity index (χ3n) is 3.66. The van der Waals surface area contributed by atoms with Crippen LogP contribution < -0.4 is 4.74 Å². The van der Waals surface area contributed by atoms with Crippen molar-refractivity contribution in [2.45, 2.75) is 25.9 Å².